The summed E-state index contributed by atoms with van der Waals surface area (Å²) in [5.74, 6) is 1.06. The van der Waals surface area contributed by atoms with E-state index >= 15 is 0 Å². The third-order valence-corrected chi connectivity index (χ3v) is 5.05. The summed E-state index contributed by atoms with van der Waals surface area (Å²) in [5, 5.41) is 5.87. The highest BCUT2D eigenvalue weighted by Gasteiger charge is 2.29. The molecule has 1 aliphatic heterocycles. The number of rotatable bonds is 7. The molecule has 1 aliphatic rings. The minimum absolute atomic E-state index is 0.164. The lowest BCUT2D eigenvalue weighted by Gasteiger charge is -2.14. The molecule has 2 aromatic rings. The summed E-state index contributed by atoms with van der Waals surface area (Å²) in [6.45, 7) is 10.3. The lowest BCUT2D eigenvalue weighted by atomic mass is 10.1. The van der Waals surface area contributed by atoms with Crippen LogP contribution >= 0.6 is 15.9 Å². The second-order valence-corrected chi connectivity index (χ2v) is 7.40. The van der Waals surface area contributed by atoms with Crippen molar-refractivity contribution in [3.05, 3.63) is 70.2 Å². The molecular formula is C23H23BrN2O3. The first-order valence-electron chi connectivity index (χ1n) is 9.33. The zero-order valence-electron chi connectivity index (χ0n) is 16.7. The topological polar surface area (TPSA) is 51.1 Å². The summed E-state index contributed by atoms with van der Waals surface area (Å²) < 4.78 is 12.2. The van der Waals surface area contributed by atoms with E-state index in [1.54, 1.807) is 6.08 Å². The van der Waals surface area contributed by atoms with Crippen LogP contribution in [0.4, 0.5) is 5.69 Å². The van der Waals surface area contributed by atoms with Crippen LogP contribution in [0.2, 0.25) is 0 Å². The maximum absolute atomic E-state index is 13.0. The van der Waals surface area contributed by atoms with Crippen molar-refractivity contribution in [3.63, 3.8) is 0 Å². The van der Waals surface area contributed by atoms with Gasteiger partial charge in [-0.05, 0) is 56.7 Å². The minimum atomic E-state index is -0.164. The Labute approximate surface area is 179 Å². The first-order valence-corrected chi connectivity index (χ1v) is 10.1. The van der Waals surface area contributed by atoms with Crippen molar-refractivity contribution in [2.45, 2.75) is 20.8 Å². The molecule has 150 valence electrons. The maximum atomic E-state index is 13.0. The van der Waals surface area contributed by atoms with Crippen molar-refractivity contribution in [1.29, 1.82) is 0 Å². The van der Waals surface area contributed by atoms with Crippen molar-refractivity contribution in [2.24, 2.45) is 5.10 Å². The average molecular weight is 455 g/mol. The largest absolute Gasteiger partial charge is 0.490 e. The number of halogens is 1. The van der Waals surface area contributed by atoms with Crippen LogP contribution < -0.4 is 14.5 Å². The fraction of sp³-hybridized carbons (Fsp3) is 0.217. The van der Waals surface area contributed by atoms with Crippen LogP contribution in [0.5, 0.6) is 11.5 Å². The molecule has 0 N–H and O–H groups in total. The number of ether oxygens (including phenoxy) is 2. The third-order valence-electron chi connectivity index (χ3n) is 4.36. The Kier molecular flexibility index (Phi) is 6.54. The molecule has 0 radical (unpaired) electrons. The van der Waals surface area contributed by atoms with Gasteiger partial charge in [0.1, 0.15) is 6.61 Å². The number of carbonyl (C=O) groups is 1. The number of aryl methyl sites for hydroxylation is 1. The summed E-state index contributed by atoms with van der Waals surface area (Å²) in [6.07, 6.45) is 3.50. The van der Waals surface area contributed by atoms with Crippen molar-refractivity contribution in [2.75, 3.05) is 18.2 Å². The lowest BCUT2D eigenvalue weighted by molar-refractivity contribution is -0.114. The van der Waals surface area contributed by atoms with E-state index in [9.17, 15) is 4.79 Å². The highest BCUT2D eigenvalue weighted by molar-refractivity contribution is 9.10. The highest BCUT2D eigenvalue weighted by Crippen LogP contribution is 2.36. The number of hydrazone groups is 1. The van der Waals surface area contributed by atoms with E-state index in [4.69, 9.17) is 9.47 Å². The molecule has 0 atom stereocenters. The number of hydrogen-bond acceptors (Lipinski definition) is 4. The monoisotopic (exact) mass is 454 g/mol. The quantitative estimate of drug-likeness (QED) is 0.408. The molecule has 0 fully saturated rings. The first kappa shape index (κ1) is 20.9. The van der Waals surface area contributed by atoms with E-state index in [0.29, 0.717) is 36.0 Å². The van der Waals surface area contributed by atoms with E-state index in [2.05, 4.69) is 27.6 Å². The molecule has 29 heavy (non-hydrogen) atoms. The van der Waals surface area contributed by atoms with E-state index < -0.39 is 0 Å². The van der Waals surface area contributed by atoms with Gasteiger partial charge in [0.2, 0.25) is 0 Å². The standard InChI is InChI=1S/C23H23BrN2O3/c1-5-11-29-22-14-20(24)17(13-21(22)28-6-2)12-19-16(4)25-26(23(19)27)18-9-7-15(3)8-10-18/h5,7-10,12-14H,1,6,11H2,2-4H3/b19-12-. The van der Waals surface area contributed by atoms with Gasteiger partial charge in [0.05, 0.1) is 23.6 Å². The van der Waals surface area contributed by atoms with Gasteiger partial charge in [0, 0.05) is 4.47 Å². The summed E-state index contributed by atoms with van der Waals surface area (Å²) in [5.41, 5.74) is 3.87. The Balaban J connectivity index is 1.95. The molecule has 1 amide bonds. The summed E-state index contributed by atoms with van der Waals surface area (Å²) in [4.78, 5) is 13.0. The number of carbonyl (C=O) groups excluding carboxylic acids is 1. The van der Waals surface area contributed by atoms with Gasteiger partial charge in [0.15, 0.2) is 11.5 Å². The van der Waals surface area contributed by atoms with Crippen LogP contribution in [0.3, 0.4) is 0 Å². The predicted octanol–water partition coefficient (Wildman–Crippen LogP) is 5.53. The molecular weight excluding hydrogens is 432 g/mol. The van der Waals surface area contributed by atoms with Gasteiger partial charge in [-0.2, -0.15) is 10.1 Å². The smallest absolute Gasteiger partial charge is 0.280 e. The molecule has 3 rings (SSSR count). The average Bonchev–Trinajstić information content (AvgIpc) is 2.98. The second-order valence-electron chi connectivity index (χ2n) is 6.55. The Morgan fingerprint density at radius 1 is 1.14 bits per heavy atom. The molecule has 0 aromatic heterocycles. The minimum Gasteiger partial charge on any atom is -0.490 e. The highest BCUT2D eigenvalue weighted by atomic mass is 79.9. The maximum Gasteiger partial charge on any atom is 0.280 e. The van der Waals surface area contributed by atoms with Gasteiger partial charge in [-0.15, -0.1) is 0 Å². The van der Waals surface area contributed by atoms with Crippen LogP contribution in [0.25, 0.3) is 6.08 Å². The second kappa shape index (κ2) is 9.09. The molecule has 0 bridgehead atoms. The molecule has 0 saturated carbocycles. The van der Waals surface area contributed by atoms with Gasteiger partial charge in [-0.25, -0.2) is 0 Å². The van der Waals surface area contributed by atoms with Gasteiger partial charge in [-0.1, -0.05) is 46.3 Å². The van der Waals surface area contributed by atoms with Gasteiger partial charge in [0.25, 0.3) is 5.91 Å². The van der Waals surface area contributed by atoms with Crippen LogP contribution in [0, 0.1) is 6.92 Å². The van der Waals surface area contributed by atoms with Gasteiger partial charge in [-0.3, -0.25) is 4.79 Å². The van der Waals surface area contributed by atoms with Crippen molar-refractivity contribution < 1.29 is 14.3 Å². The van der Waals surface area contributed by atoms with E-state index in [0.717, 1.165) is 21.3 Å². The number of nitrogens with zero attached hydrogens (tertiary/aromatic N) is 2. The number of hydrogen-bond donors (Lipinski definition) is 0. The Morgan fingerprint density at radius 3 is 2.48 bits per heavy atom. The van der Waals surface area contributed by atoms with E-state index in [-0.39, 0.29) is 5.91 Å². The fourth-order valence-corrected chi connectivity index (χ4v) is 3.33. The molecule has 2 aromatic carbocycles. The SMILES string of the molecule is C=CCOc1cc(Br)c(/C=C2\C(=O)N(c3ccc(C)cc3)N=C2C)cc1OCC. The Morgan fingerprint density at radius 2 is 1.83 bits per heavy atom. The fourth-order valence-electron chi connectivity index (χ4n) is 2.89. The van der Waals surface area contributed by atoms with Crippen LogP contribution in [-0.4, -0.2) is 24.8 Å². The molecule has 0 spiro atoms. The zero-order valence-corrected chi connectivity index (χ0v) is 18.3. The number of anilines is 1. The van der Waals surface area contributed by atoms with Crippen molar-refractivity contribution >= 4 is 39.3 Å². The normalized spacial score (nSPS) is 14.9. The summed E-state index contributed by atoms with van der Waals surface area (Å²) in [6, 6.07) is 11.4. The lowest BCUT2D eigenvalue weighted by Crippen LogP contribution is -2.21. The molecule has 1 heterocycles. The number of amides is 1. The molecule has 0 unspecified atom stereocenters. The molecule has 5 nitrogen and oxygen atoms in total. The predicted molar refractivity (Wildman–Crippen MR) is 121 cm³/mol. The summed E-state index contributed by atoms with van der Waals surface area (Å²) >= 11 is 3.57. The molecule has 0 saturated heterocycles. The van der Waals surface area contributed by atoms with Gasteiger partial charge < -0.3 is 9.47 Å². The Bertz CT molecular complexity index is 994. The third kappa shape index (κ3) is 4.59. The first-order chi connectivity index (χ1) is 13.9. The van der Waals surface area contributed by atoms with E-state index in [1.165, 1.54) is 5.01 Å². The van der Waals surface area contributed by atoms with E-state index in [1.807, 2.05) is 63.2 Å². The summed E-state index contributed by atoms with van der Waals surface area (Å²) in [7, 11) is 0. The Hall–Kier alpha value is -2.86. The zero-order chi connectivity index (χ0) is 21.0. The number of benzene rings is 2. The molecule has 0 aliphatic carbocycles. The van der Waals surface area contributed by atoms with Crippen LogP contribution in [-0.2, 0) is 4.79 Å². The van der Waals surface area contributed by atoms with Crippen molar-refractivity contribution in [3.8, 4) is 11.5 Å². The van der Waals surface area contributed by atoms with Crippen LogP contribution in [0.15, 0.2) is 64.2 Å². The van der Waals surface area contributed by atoms with Crippen molar-refractivity contribution in [1.82, 2.24) is 0 Å². The van der Waals surface area contributed by atoms with Crippen LogP contribution in [0.1, 0.15) is 25.0 Å². The molecule has 6 heteroatoms. The van der Waals surface area contributed by atoms with Gasteiger partial charge >= 0.3 is 0 Å².